The molecule has 0 unspecified atom stereocenters. The summed E-state index contributed by atoms with van der Waals surface area (Å²) in [6, 6.07) is 21.0. The molecule has 6 heteroatoms. The van der Waals surface area contributed by atoms with Gasteiger partial charge in [0.2, 0.25) is 10.2 Å². The zero-order chi connectivity index (χ0) is 18.5. The highest BCUT2D eigenvalue weighted by Gasteiger charge is 2.15. The first kappa shape index (κ1) is 17.1. The van der Waals surface area contributed by atoms with Crippen LogP contribution in [0.3, 0.4) is 0 Å². The van der Waals surface area contributed by atoms with Crippen molar-refractivity contribution in [1.82, 2.24) is 4.98 Å². The van der Waals surface area contributed by atoms with Gasteiger partial charge in [-0.2, -0.15) is 0 Å². The molecular formula is C21H16N2O3S. The van der Waals surface area contributed by atoms with Gasteiger partial charge in [0.05, 0.1) is 19.6 Å². The number of hydrogen-bond donors (Lipinski definition) is 0. The molecule has 2 aromatic carbocycles. The maximum atomic E-state index is 6.08. The first-order valence-corrected chi connectivity index (χ1v) is 9.09. The summed E-state index contributed by atoms with van der Waals surface area (Å²) in [6.45, 7) is 0. The van der Waals surface area contributed by atoms with Crippen LogP contribution in [0.5, 0.6) is 16.6 Å². The lowest BCUT2D eigenvalue weighted by atomic mass is 10.2. The quantitative estimate of drug-likeness (QED) is 0.390. The SMILES string of the molecule is COc1ccc(Oc2sc(N=Cc3ccco3)nc2-c2ccccc2)cc1. The van der Waals surface area contributed by atoms with Crippen LogP contribution in [0.2, 0.25) is 0 Å². The molecule has 0 fully saturated rings. The molecule has 2 heterocycles. The molecule has 0 spiro atoms. The van der Waals surface area contributed by atoms with E-state index in [0.29, 0.717) is 21.7 Å². The predicted molar refractivity (Wildman–Crippen MR) is 107 cm³/mol. The Kier molecular flexibility index (Phi) is 4.98. The molecule has 0 N–H and O–H groups in total. The number of aliphatic imine (C=N–C) groups is 1. The van der Waals surface area contributed by atoms with E-state index in [1.807, 2.05) is 66.7 Å². The van der Waals surface area contributed by atoms with Gasteiger partial charge >= 0.3 is 0 Å². The van der Waals surface area contributed by atoms with Crippen LogP contribution in [0.1, 0.15) is 5.76 Å². The average Bonchev–Trinajstić information content (AvgIpc) is 3.37. The molecule has 5 nitrogen and oxygen atoms in total. The van der Waals surface area contributed by atoms with Crippen LogP contribution in [0.15, 0.2) is 82.4 Å². The van der Waals surface area contributed by atoms with Crippen molar-refractivity contribution in [3.05, 3.63) is 78.8 Å². The molecular weight excluding hydrogens is 360 g/mol. The van der Waals surface area contributed by atoms with Crippen molar-refractivity contribution in [3.63, 3.8) is 0 Å². The minimum Gasteiger partial charge on any atom is -0.497 e. The summed E-state index contributed by atoms with van der Waals surface area (Å²) in [4.78, 5) is 9.05. The van der Waals surface area contributed by atoms with Crippen LogP contribution in [-0.2, 0) is 0 Å². The Morgan fingerprint density at radius 3 is 2.44 bits per heavy atom. The van der Waals surface area contributed by atoms with E-state index in [4.69, 9.17) is 13.9 Å². The van der Waals surface area contributed by atoms with E-state index in [9.17, 15) is 0 Å². The summed E-state index contributed by atoms with van der Waals surface area (Å²) in [5.41, 5.74) is 1.72. The second-order valence-corrected chi connectivity index (χ2v) is 6.49. The fraction of sp³-hybridized carbons (Fsp3) is 0.0476. The van der Waals surface area contributed by atoms with Gasteiger partial charge in [0.25, 0.3) is 0 Å². The third kappa shape index (κ3) is 4.07. The Hall–Kier alpha value is -3.38. The monoisotopic (exact) mass is 376 g/mol. The van der Waals surface area contributed by atoms with Crippen LogP contribution in [-0.4, -0.2) is 18.3 Å². The zero-order valence-electron chi connectivity index (χ0n) is 14.5. The Morgan fingerprint density at radius 2 is 1.74 bits per heavy atom. The lowest BCUT2D eigenvalue weighted by Gasteiger charge is -2.06. The lowest BCUT2D eigenvalue weighted by Crippen LogP contribution is -1.86. The summed E-state index contributed by atoms with van der Waals surface area (Å²) < 4.78 is 16.6. The molecule has 0 radical (unpaired) electrons. The average molecular weight is 376 g/mol. The Balaban J connectivity index is 1.67. The standard InChI is InChI=1S/C21H16N2O3S/c1-24-16-9-11-17(12-10-16)26-20-19(15-6-3-2-4-7-15)23-21(27-20)22-14-18-8-5-13-25-18/h2-14H,1H3. The Morgan fingerprint density at radius 1 is 0.963 bits per heavy atom. The van der Waals surface area contributed by atoms with Crippen LogP contribution in [0.4, 0.5) is 5.13 Å². The summed E-state index contributed by atoms with van der Waals surface area (Å²) >= 11 is 1.38. The molecule has 2 aromatic heterocycles. The summed E-state index contributed by atoms with van der Waals surface area (Å²) in [5, 5.41) is 1.27. The minimum absolute atomic E-state index is 0.591. The topological polar surface area (TPSA) is 56.9 Å². The molecule has 0 saturated carbocycles. The molecule has 0 aliphatic heterocycles. The van der Waals surface area contributed by atoms with Gasteiger partial charge in [-0.1, -0.05) is 41.7 Å². The molecule has 0 amide bonds. The third-order valence-electron chi connectivity index (χ3n) is 3.75. The van der Waals surface area contributed by atoms with E-state index < -0.39 is 0 Å². The van der Waals surface area contributed by atoms with Crippen LogP contribution < -0.4 is 9.47 Å². The molecule has 134 valence electrons. The van der Waals surface area contributed by atoms with Crippen molar-refractivity contribution in [2.75, 3.05) is 7.11 Å². The van der Waals surface area contributed by atoms with Crippen molar-refractivity contribution in [1.29, 1.82) is 0 Å². The normalized spacial score (nSPS) is 11.0. The Bertz CT molecular complexity index is 1020. The van der Waals surface area contributed by atoms with Gasteiger partial charge in [0.1, 0.15) is 23.0 Å². The molecule has 0 aliphatic rings. The fourth-order valence-electron chi connectivity index (χ4n) is 2.43. The third-order valence-corrected chi connectivity index (χ3v) is 4.59. The van der Waals surface area contributed by atoms with Crippen molar-refractivity contribution in [2.45, 2.75) is 0 Å². The number of furan rings is 1. The highest BCUT2D eigenvalue weighted by molar-refractivity contribution is 7.17. The van der Waals surface area contributed by atoms with Crippen LogP contribution in [0, 0.1) is 0 Å². The lowest BCUT2D eigenvalue weighted by molar-refractivity contribution is 0.413. The molecule has 27 heavy (non-hydrogen) atoms. The number of hydrogen-bond acceptors (Lipinski definition) is 6. The first-order chi connectivity index (χ1) is 13.3. The van der Waals surface area contributed by atoms with Gasteiger partial charge in [-0.3, -0.25) is 0 Å². The number of nitrogens with zero attached hydrogens (tertiary/aromatic N) is 2. The van der Waals surface area contributed by atoms with Crippen molar-refractivity contribution < 1.29 is 13.9 Å². The number of ether oxygens (including phenoxy) is 2. The molecule has 0 aliphatic carbocycles. The maximum Gasteiger partial charge on any atom is 0.213 e. The van der Waals surface area contributed by atoms with E-state index >= 15 is 0 Å². The first-order valence-electron chi connectivity index (χ1n) is 8.27. The second kappa shape index (κ2) is 7.88. The second-order valence-electron chi connectivity index (χ2n) is 5.55. The Labute approximate surface area is 160 Å². The van der Waals surface area contributed by atoms with Crippen LogP contribution in [0.25, 0.3) is 11.3 Å². The van der Waals surface area contributed by atoms with E-state index in [0.717, 1.165) is 17.0 Å². The predicted octanol–water partition coefficient (Wildman–Crippen LogP) is 5.95. The molecule has 0 atom stereocenters. The van der Waals surface area contributed by atoms with Gasteiger partial charge in [-0.05, 0) is 36.4 Å². The summed E-state index contributed by atoms with van der Waals surface area (Å²) in [6.07, 6.45) is 3.25. The van der Waals surface area contributed by atoms with Crippen LogP contribution >= 0.6 is 11.3 Å². The smallest absolute Gasteiger partial charge is 0.213 e. The van der Waals surface area contributed by atoms with Crippen molar-refractivity contribution >= 4 is 22.7 Å². The number of thiazole rings is 1. The summed E-state index contributed by atoms with van der Waals surface area (Å²) in [5.74, 6) is 2.15. The summed E-state index contributed by atoms with van der Waals surface area (Å²) in [7, 11) is 1.63. The molecule has 4 aromatic rings. The molecule has 4 rings (SSSR count). The van der Waals surface area contributed by atoms with Gasteiger partial charge in [-0.25, -0.2) is 9.98 Å². The van der Waals surface area contributed by atoms with E-state index in [2.05, 4.69) is 9.98 Å². The van der Waals surface area contributed by atoms with E-state index in [1.54, 1.807) is 19.6 Å². The zero-order valence-corrected chi connectivity index (χ0v) is 15.3. The van der Waals surface area contributed by atoms with E-state index in [1.165, 1.54) is 11.3 Å². The fourth-order valence-corrected chi connectivity index (χ4v) is 3.24. The number of benzene rings is 2. The number of aromatic nitrogens is 1. The minimum atomic E-state index is 0.591. The van der Waals surface area contributed by atoms with Gasteiger partial charge in [0.15, 0.2) is 0 Å². The highest BCUT2D eigenvalue weighted by Crippen LogP contribution is 2.41. The van der Waals surface area contributed by atoms with Gasteiger partial charge in [-0.15, -0.1) is 0 Å². The maximum absolute atomic E-state index is 6.08. The molecule has 0 bridgehead atoms. The van der Waals surface area contributed by atoms with Crippen molar-refractivity contribution in [3.8, 4) is 27.8 Å². The number of methoxy groups -OCH3 is 1. The number of rotatable bonds is 6. The van der Waals surface area contributed by atoms with Gasteiger partial charge < -0.3 is 13.9 Å². The van der Waals surface area contributed by atoms with Crippen molar-refractivity contribution in [2.24, 2.45) is 4.99 Å². The highest BCUT2D eigenvalue weighted by atomic mass is 32.1. The molecule has 0 saturated heterocycles. The van der Waals surface area contributed by atoms with E-state index in [-0.39, 0.29) is 0 Å². The largest absolute Gasteiger partial charge is 0.497 e. The van der Waals surface area contributed by atoms with Gasteiger partial charge in [0, 0.05) is 5.56 Å².